The third-order valence-corrected chi connectivity index (χ3v) is 2.96. The monoisotopic (exact) mass is 322 g/mol. The van der Waals surface area contributed by atoms with Crippen molar-refractivity contribution in [2.24, 2.45) is 0 Å². The Morgan fingerprint density at radius 1 is 1.22 bits per heavy atom. The fraction of sp³-hybridized carbons (Fsp3) is 0.412. The Balaban J connectivity index is 2.51. The average molecular weight is 322 g/mol. The minimum absolute atomic E-state index is 0.260. The summed E-state index contributed by atoms with van der Waals surface area (Å²) < 4.78 is 10.5. The zero-order valence-corrected chi connectivity index (χ0v) is 13.2. The Bertz CT molecular complexity index is 523. The van der Waals surface area contributed by atoms with Crippen LogP contribution in [0.4, 0.5) is 0 Å². The lowest BCUT2D eigenvalue weighted by molar-refractivity contribution is -0.147. The van der Waals surface area contributed by atoms with Gasteiger partial charge in [0.05, 0.1) is 19.1 Å². The van der Waals surface area contributed by atoms with E-state index in [0.717, 1.165) is 11.6 Å². The van der Waals surface area contributed by atoms with E-state index in [1.807, 2.05) is 30.3 Å². The molecule has 0 saturated heterocycles. The highest BCUT2D eigenvalue weighted by atomic mass is 16.5. The fourth-order valence-corrected chi connectivity index (χ4v) is 1.82. The van der Waals surface area contributed by atoms with Crippen molar-refractivity contribution >= 4 is 11.9 Å². The van der Waals surface area contributed by atoms with Crippen LogP contribution in [0.3, 0.4) is 0 Å². The van der Waals surface area contributed by atoms with Gasteiger partial charge in [0, 0.05) is 6.08 Å². The van der Waals surface area contributed by atoms with Crippen LogP contribution >= 0.6 is 0 Å². The van der Waals surface area contributed by atoms with Crippen molar-refractivity contribution in [1.29, 1.82) is 0 Å². The van der Waals surface area contributed by atoms with Crippen molar-refractivity contribution < 1.29 is 29.3 Å². The summed E-state index contributed by atoms with van der Waals surface area (Å²) in [6.07, 6.45) is 0.0882. The zero-order valence-electron chi connectivity index (χ0n) is 13.2. The number of benzene rings is 1. The summed E-state index contributed by atoms with van der Waals surface area (Å²) in [6, 6.07) is 9.44. The number of aliphatic hydroxyl groups excluding tert-OH is 1. The van der Waals surface area contributed by atoms with Crippen LogP contribution in [0.15, 0.2) is 42.5 Å². The van der Waals surface area contributed by atoms with Gasteiger partial charge in [-0.2, -0.15) is 0 Å². The minimum Gasteiger partial charge on any atom is -0.481 e. The standard InChI is InChI=1S/C17H22O6/c1-12(10-16(19)20)23-17(21)9-8-15(13(2)18)22-11-14-6-4-3-5-7-14/h3-9,12-13,15,18H,10-11H2,1-2H3,(H,19,20)/b9-8+/t12-,13-,15+/m0/s1. The van der Waals surface area contributed by atoms with Crippen LogP contribution in [0.25, 0.3) is 0 Å². The highest BCUT2D eigenvalue weighted by Gasteiger charge is 2.15. The number of hydrogen-bond acceptors (Lipinski definition) is 5. The number of carbonyl (C=O) groups excluding carboxylic acids is 1. The molecule has 0 saturated carbocycles. The topological polar surface area (TPSA) is 93.1 Å². The SMILES string of the molecule is C[C@H](O)[C@@H](/C=C/C(=O)O[C@@H](C)CC(=O)O)OCc1ccccc1. The van der Waals surface area contributed by atoms with Crippen LogP contribution in [0, 0.1) is 0 Å². The summed E-state index contributed by atoms with van der Waals surface area (Å²) >= 11 is 0. The molecule has 0 amide bonds. The molecule has 0 heterocycles. The summed E-state index contributed by atoms with van der Waals surface area (Å²) in [5, 5.41) is 18.3. The van der Waals surface area contributed by atoms with E-state index >= 15 is 0 Å². The number of rotatable bonds is 9. The van der Waals surface area contributed by atoms with E-state index in [0.29, 0.717) is 6.61 Å². The molecule has 0 bridgehead atoms. The Kier molecular flexibility index (Phi) is 8.01. The van der Waals surface area contributed by atoms with Gasteiger partial charge in [0.15, 0.2) is 0 Å². The normalized spacial score (nSPS) is 15.1. The van der Waals surface area contributed by atoms with E-state index in [2.05, 4.69) is 0 Å². The van der Waals surface area contributed by atoms with Crippen molar-refractivity contribution in [3.05, 3.63) is 48.0 Å². The molecule has 0 radical (unpaired) electrons. The largest absolute Gasteiger partial charge is 0.481 e. The molecular formula is C17H22O6. The molecule has 0 spiro atoms. The molecule has 0 aromatic heterocycles. The third kappa shape index (κ3) is 8.13. The molecule has 1 aromatic rings. The van der Waals surface area contributed by atoms with E-state index < -0.39 is 30.3 Å². The van der Waals surface area contributed by atoms with E-state index in [-0.39, 0.29) is 6.42 Å². The van der Waals surface area contributed by atoms with Crippen LogP contribution < -0.4 is 0 Å². The first-order chi connectivity index (χ1) is 10.9. The first-order valence-electron chi connectivity index (χ1n) is 7.32. The maximum atomic E-state index is 11.6. The van der Waals surface area contributed by atoms with Crippen molar-refractivity contribution in [3.63, 3.8) is 0 Å². The zero-order chi connectivity index (χ0) is 17.2. The second kappa shape index (κ2) is 9.76. The molecule has 2 N–H and O–H groups in total. The molecule has 0 fully saturated rings. The maximum Gasteiger partial charge on any atom is 0.330 e. The van der Waals surface area contributed by atoms with Crippen LogP contribution in [-0.4, -0.2) is 40.5 Å². The molecule has 0 unspecified atom stereocenters. The van der Waals surface area contributed by atoms with Gasteiger partial charge in [0.25, 0.3) is 0 Å². The smallest absolute Gasteiger partial charge is 0.330 e. The molecule has 0 aliphatic carbocycles. The number of carboxylic acid groups (broad SMARTS) is 1. The van der Waals surface area contributed by atoms with Gasteiger partial charge < -0.3 is 19.7 Å². The maximum absolute atomic E-state index is 11.6. The first-order valence-corrected chi connectivity index (χ1v) is 7.32. The lowest BCUT2D eigenvalue weighted by Crippen LogP contribution is -2.24. The van der Waals surface area contributed by atoms with Crippen LogP contribution in [0.5, 0.6) is 0 Å². The summed E-state index contributed by atoms with van der Waals surface area (Å²) in [5.41, 5.74) is 0.948. The lowest BCUT2D eigenvalue weighted by atomic mass is 10.2. The molecule has 23 heavy (non-hydrogen) atoms. The second-order valence-electron chi connectivity index (χ2n) is 5.21. The van der Waals surface area contributed by atoms with Crippen molar-refractivity contribution in [3.8, 4) is 0 Å². The second-order valence-corrected chi connectivity index (χ2v) is 5.21. The van der Waals surface area contributed by atoms with E-state index in [4.69, 9.17) is 14.6 Å². The molecule has 3 atom stereocenters. The molecule has 0 aliphatic heterocycles. The molecule has 1 aromatic carbocycles. The van der Waals surface area contributed by atoms with E-state index in [9.17, 15) is 14.7 Å². The predicted octanol–water partition coefficient (Wildman–Crippen LogP) is 1.92. The van der Waals surface area contributed by atoms with Crippen LogP contribution in [-0.2, 0) is 25.7 Å². The van der Waals surface area contributed by atoms with Gasteiger partial charge >= 0.3 is 11.9 Å². The quantitative estimate of drug-likeness (QED) is 0.533. The van der Waals surface area contributed by atoms with Gasteiger partial charge in [-0.15, -0.1) is 0 Å². The number of ether oxygens (including phenoxy) is 2. The Hall–Kier alpha value is -2.18. The Labute approximate surface area is 135 Å². The van der Waals surface area contributed by atoms with Crippen molar-refractivity contribution in [2.45, 2.75) is 45.2 Å². The molecule has 0 aliphatic rings. The number of aliphatic carboxylic acids is 1. The van der Waals surface area contributed by atoms with Crippen LogP contribution in [0.2, 0.25) is 0 Å². The average Bonchev–Trinajstić information content (AvgIpc) is 2.46. The Morgan fingerprint density at radius 2 is 1.87 bits per heavy atom. The van der Waals surface area contributed by atoms with Gasteiger partial charge in [-0.25, -0.2) is 4.79 Å². The summed E-state index contributed by atoms with van der Waals surface area (Å²) in [5.74, 6) is -1.71. The highest BCUT2D eigenvalue weighted by Crippen LogP contribution is 2.08. The highest BCUT2D eigenvalue weighted by molar-refractivity contribution is 5.82. The molecule has 6 nitrogen and oxygen atoms in total. The van der Waals surface area contributed by atoms with Gasteiger partial charge in [-0.1, -0.05) is 30.3 Å². The third-order valence-electron chi connectivity index (χ3n) is 2.96. The molecule has 6 heteroatoms. The number of aliphatic hydroxyl groups is 1. The molecule has 126 valence electrons. The summed E-state index contributed by atoms with van der Waals surface area (Å²) in [7, 11) is 0. The number of carbonyl (C=O) groups is 2. The lowest BCUT2D eigenvalue weighted by Gasteiger charge is -2.17. The number of esters is 1. The predicted molar refractivity (Wildman–Crippen MR) is 83.6 cm³/mol. The summed E-state index contributed by atoms with van der Waals surface area (Å²) in [4.78, 5) is 22.1. The van der Waals surface area contributed by atoms with Crippen molar-refractivity contribution in [2.75, 3.05) is 0 Å². The Morgan fingerprint density at radius 3 is 2.43 bits per heavy atom. The molecule has 1 rings (SSSR count). The van der Waals surface area contributed by atoms with Crippen LogP contribution in [0.1, 0.15) is 25.8 Å². The minimum atomic E-state index is -1.04. The molecular weight excluding hydrogens is 300 g/mol. The van der Waals surface area contributed by atoms with Gasteiger partial charge in [-0.3, -0.25) is 4.79 Å². The van der Waals surface area contributed by atoms with Gasteiger partial charge in [0.2, 0.25) is 0 Å². The summed E-state index contributed by atoms with van der Waals surface area (Å²) in [6.45, 7) is 3.35. The van der Waals surface area contributed by atoms with E-state index in [1.165, 1.54) is 13.0 Å². The first kappa shape index (κ1) is 18.9. The number of carboxylic acids is 1. The van der Waals surface area contributed by atoms with Gasteiger partial charge in [-0.05, 0) is 25.5 Å². The fourth-order valence-electron chi connectivity index (χ4n) is 1.82. The van der Waals surface area contributed by atoms with E-state index in [1.54, 1.807) is 6.92 Å². The number of hydrogen-bond donors (Lipinski definition) is 2. The van der Waals surface area contributed by atoms with Gasteiger partial charge in [0.1, 0.15) is 12.2 Å². The van der Waals surface area contributed by atoms with Crippen molar-refractivity contribution in [1.82, 2.24) is 0 Å².